The number of benzene rings is 1. The van der Waals surface area contributed by atoms with E-state index >= 15 is 0 Å². The summed E-state index contributed by atoms with van der Waals surface area (Å²) in [5.41, 5.74) is 6.71. The van der Waals surface area contributed by atoms with Gasteiger partial charge >= 0.3 is 0 Å². The van der Waals surface area contributed by atoms with Crippen LogP contribution in [0.1, 0.15) is 37.3 Å². The first kappa shape index (κ1) is 15.0. The molecule has 0 aromatic heterocycles. The van der Waals surface area contributed by atoms with E-state index in [1.54, 1.807) is 0 Å². The first-order valence-corrected chi connectivity index (χ1v) is 6.37. The third-order valence-corrected chi connectivity index (χ3v) is 3.35. The smallest absolute Gasteiger partial charge is 0.223 e. The van der Waals surface area contributed by atoms with Crippen LogP contribution in [0, 0.1) is 0 Å². The summed E-state index contributed by atoms with van der Waals surface area (Å²) >= 11 is 0. The molecule has 1 aromatic carbocycles. The Morgan fingerprint density at radius 1 is 1.33 bits per heavy atom. The Kier molecular flexibility index (Phi) is 6.16. The summed E-state index contributed by atoms with van der Waals surface area (Å²) in [5.74, 6) is 0.252. The summed E-state index contributed by atoms with van der Waals surface area (Å²) in [6.45, 7) is 1.48. The second-order valence-electron chi connectivity index (χ2n) is 4.55. The molecule has 4 heteroatoms. The Balaban J connectivity index is 0.00000162. The van der Waals surface area contributed by atoms with Crippen LogP contribution in [0.3, 0.4) is 0 Å². The van der Waals surface area contributed by atoms with Gasteiger partial charge in [0.1, 0.15) is 0 Å². The lowest BCUT2D eigenvalue weighted by Crippen LogP contribution is -2.30. The quantitative estimate of drug-likeness (QED) is 0.912. The second-order valence-corrected chi connectivity index (χ2v) is 4.55. The van der Waals surface area contributed by atoms with Gasteiger partial charge in [0.15, 0.2) is 0 Å². The highest BCUT2D eigenvalue weighted by atomic mass is 35.5. The molecular weight excluding hydrogens is 248 g/mol. The van der Waals surface area contributed by atoms with E-state index in [4.69, 9.17) is 5.73 Å². The lowest BCUT2D eigenvalue weighted by Gasteiger charge is -2.25. The van der Waals surface area contributed by atoms with Crippen LogP contribution in [0.15, 0.2) is 30.3 Å². The highest BCUT2D eigenvalue weighted by Crippen LogP contribution is 2.32. The summed E-state index contributed by atoms with van der Waals surface area (Å²) in [5, 5.41) is 0. The van der Waals surface area contributed by atoms with Gasteiger partial charge in [-0.25, -0.2) is 0 Å². The van der Waals surface area contributed by atoms with Crippen molar-refractivity contribution in [1.82, 2.24) is 4.90 Å². The Morgan fingerprint density at radius 3 is 2.72 bits per heavy atom. The third kappa shape index (κ3) is 3.47. The molecule has 1 aliphatic rings. The van der Waals surface area contributed by atoms with Gasteiger partial charge < -0.3 is 10.6 Å². The summed E-state index contributed by atoms with van der Waals surface area (Å²) in [7, 11) is 0. The summed E-state index contributed by atoms with van der Waals surface area (Å²) < 4.78 is 0. The Labute approximate surface area is 115 Å². The maximum absolute atomic E-state index is 12.1. The number of rotatable bonds is 4. The number of carbonyl (C=O) groups is 1. The molecule has 2 rings (SSSR count). The van der Waals surface area contributed by atoms with Gasteiger partial charge in [-0.3, -0.25) is 4.79 Å². The molecule has 1 heterocycles. The Morgan fingerprint density at radius 2 is 2.06 bits per heavy atom. The highest BCUT2D eigenvalue weighted by Gasteiger charge is 2.28. The van der Waals surface area contributed by atoms with E-state index in [2.05, 4.69) is 12.1 Å². The van der Waals surface area contributed by atoms with Crippen molar-refractivity contribution >= 4 is 18.3 Å². The van der Waals surface area contributed by atoms with Crippen LogP contribution in [-0.2, 0) is 4.79 Å². The summed E-state index contributed by atoms with van der Waals surface area (Å²) in [6.07, 6.45) is 3.56. The molecule has 0 bridgehead atoms. The lowest BCUT2D eigenvalue weighted by molar-refractivity contribution is -0.132. The van der Waals surface area contributed by atoms with Gasteiger partial charge in [-0.2, -0.15) is 0 Å². The maximum atomic E-state index is 12.1. The lowest BCUT2D eigenvalue weighted by atomic mass is 10.0. The number of carbonyl (C=O) groups excluding carboxylic acids is 1. The van der Waals surface area contributed by atoms with Gasteiger partial charge in [-0.1, -0.05) is 30.3 Å². The first-order chi connectivity index (χ1) is 8.33. The van der Waals surface area contributed by atoms with E-state index in [1.165, 1.54) is 5.56 Å². The van der Waals surface area contributed by atoms with Crippen molar-refractivity contribution in [3.8, 4) is 0 Å². The van der Waals surface area contributed by atoms with Crippen molar-refractivity contribution in [3.63, 3.8) is 0 Å². The first-order valence-electron chi connectivity index (χ1n) is 6.37. The van der Waals surface area contributed by atoms with Gasteiger partial charge in [0.25, 0.3) is 0 Å². The van der Waals surface area contributed by atoms with Crippen molar-refractivity contribution < 1.29 is 4.79 Å². The maximum Gasteiger partial charge on any atom is 0.223 e. The molecule has 18 heavy (non-hydrogen) atoms. The zero-order valence-corrected chi connectivity index (χ0v) is 11.4. The van der Waals surface area contributed by atoms with Gasteiger partial charge in [0, 0.05) is 13.0 Å². The van der Waals surface area contributed by atoms with Crippen molar-refractivity contribution in [3.05, 3.63) is 35.9 Å². The summed E-state index contributed by atoms with van der Waals surface area (Å²) in [4.78, 5) is 14.1. The van der Waals surface area contributed by atoms with Crippen molar-refractivity contribution in [1.29, 1.82) is 0 Å². The molecule has 1 unspecified atom stereocenters. The molecule has 1 fully saturated rings. The number of nitrogens with zero attached hydrogens (tertiary/aromatic N) is 1. The molecule has 100 valence electrons. The molecule has 0 radical (unpaired) electrons. The number of halogens is 1. The average molecular weight is 269 g/mol. The molecule has 1 aromatic rings. The SMILES string of the molecule is Cl.NCCCC(=O)N1CCCC1c1ccccc1. The van der Waals surface area contributed by atoms with Crippen LogP contribution in [0.25, 0.3) is 0 Å². The van der Waals surface area contributed by atoms with E-state index in [0.29, 0.717) is 13.0 Å². The van der Waals surface area contributed by atoms with Gasteiger partial charge in [-0.15, -0.1) is 12.4 Å². The Hall–Kier alpha value is -1.06. The molecule has 0 aliphatic carbocycles. The van der Waals surface area contributed by atoms with Crippen LogP contribution in [0.2, 0.25) is 0 Å². The largest absolute Gasteiger partial charge is 0.336 e. The second kappa shape index (κ2) is 7.39. The molecule has 1 atom stereocenters. The molecule has 0 saturated carbocycles. The van der Waals surface area contributed by atoms with Crippen molar-refractivity contribution in [2.75, 3.05) is 13.1 Å². The van der Waals surface area contributed by atoms with Crippen LogP contribution in [0.5, 0.6) is 0 Å². The van der Waals surface area contributed by atoms with Crippen LogP contribution >= 0.6 is 12.4 Å². The minimum atomic E-state index is 0. The predicted molar refractivity (Wildman–Crippen MR) is 75.7 cm³/mol. The van der Waals surface area contributed by atoms with E-state index in [9.17, 15) is 4.79 Å². The minimum Gasteiger partial charge on any atom is -0.336 e. The molecule has 1 aliphatic heterocycles. The van der Waals surface area contributed by atoms with Gasteiger partial charge in [0.05, 0.1) is 6.04 Å². The topological polar surface area (TPSA) is 46.3 Å². The average Bonchev–Trinajstić information content (AvgIpc) is 2.86. The number of hydrogen-bond donors (Lipinski definition) is 1. The zero-order valence-electron chi connectivity index (χ0n) is 10.5. The highest BCUT2D eigenvalue weighted by molar-refractivity contribution is 5.85. The molecule has 2 N–H and O–H groups in total. The Bertz CT molecular complexity index is 369. The molecule has 0 spiro atoms. The molecular formula is C14H21ClN2O. The fourth-order valence-corrected chi connectivity index (χ4v) is 2.48. The molecule has 1 saturated heterocycles. The monoisotopic (exact) mass is 268 g/mol. The van der Waals surface area contributed by atoms with E-state index in [-0.39, 0.29) is 24.4 Å². The number of nitrogens with two attached hydrogens (primary N) is 1. The van der Waals surface area contributed by atoms with Crippen molar-refractivity contribution in [2.45, 2.75) is 31.7 Å². The van der Waals surface area contributed by atoms with Crippen molar-refractivity contribution in [2.24, 2.45) is 5.73 Å². The summed E-state index contributed by atoms with van der Waals surface area (Å²) in [6, 6.07) is 10.6. The normalized spacial score (nSPS) is 18.5. The number of amides is 1. The number of hydrogen-bond acceptors (Lipinski definition) is 2. The fraction of sp³-hybridized carbons (Fsp3) is 0.500. The number of likely N-dealkylation sites (tertiary alicyclic amines) is 1. The van der Waals surface area contributed by atoms with Gasteiger partial charge in [0.2, 0.25) is 5.91 Å². The van der Waals surface area contributed by atoms with Gasteiger partial charge in [-0.05, 0) is 31.4 Å². The molecule has 3 nitrogen and oxygen atoms in total. The molecule has 1 amide bonds. The van der Waals surface area contributed by atoms with E-state index < -0.39 is 0 Å². The van der Waals surface area contributed by atoms with Crippen LogP contribution < -0.4 is 5.73 Å². The minimum absolute atomic E-state index is 0. The van der Waals surface area contributed by atoms with Crippen LogP contribution in [0.4, 0.5) is 0 Å². The standard InChI is InChI=1S/C14H20N2O.ClH/c15-10-4-9-14(17)16-11-5-8-13(16)12-6-2-1-3-7-12;/h1-3,6-7,13H,4-5,8-11,15H2;1H. The van der Waals surface area contributed by atoms with Crippen LogP contribution in [-0.4, -0.2) is 23.9 Å². The third-order valence-electron chi connectivity index (χ3n) is 3.35. The fourth-order valence-electron chi connectivity index (χ4n) is 2.48. The predicted octanol–water partition coefficient (Wildman–Crippen LogP) is 2.51. The zero-order chi connectivity index (χ0) is 12.1. The van der Waals surface area contributed by atoms with E-state index in [0.717, 1.165) is 25.8 Å². The van der Waals surface area contributed by atoms with E-state index in [1.807, 2.05) is 23.1 Å².